The lowest BCUT2D eigenvalue weighted by atomic mass is 9.71. The van der Waals surface area contributed by atoms with Gasteiger partial charge >= 0.3 is 5.97 Å². The fourth-order valence-electron chi connectivity index (χ4n) is 4.75. The number of hydrogen-bond donors (Lipinski definition) is 2. The van der Waals surface area contributed by atoms with Crippen LogP contribution in [0.1, 0.15) is 79.6 Å². The first-order valence-electron chi connectivity index (χ1n) is 13.1. The van der Waals surface area contributed by atoms with Gasteiger partial charge in [-0.2, -0.15) is 0 Å². The number of carbonyl (C=O) groups excluding carboxylic acids is 2. The molecule has 1 saturated heterocycles. The van der Waals surface area contributed by atoms with Crippen LogP contribution in [0.2, 0.25) is 0 Å². The van der Waals surface area contributed by atoms with Crippen LogP contribution in [0.4, 0.5) is 0 Å². The number of aliphatic hydroxyl groups excluding tert-OH is 2. The third kappa shape index (κ3) is 9.13. The first-order valence-corrected chi connectivity index (χ1v) is 13.1. The second-order valence-electron chi connectivity index (χ2n) is 10.8. The zero-order chi connectivity index (χ0) is 27.5. The molecule has 0 spiro atoms. The largest absolute Gasteiger partial charge is 0.469 e. The maximum Gasteiger partial charge on any atom is 0.308 e. The Labute approximate surface area is 218 Å². The van der Waals surface area contributed by atoms with Gasteiger partial charge in [-0.3, -0.25) is 9.59 Å². The van der Waals surface area contributed by atoms with Gasteiger partial charge in [-0.1, -0.05) is 69.7 Å². The molecule has 1 fully saturated rings. The van der Waals surface area contributed by atoms with Crippen LogP contribution in [0, 0.1) is 17.3 Å². The van der Waals surface area contributed by atoms with Crippen LogP contribution in [-0.2, 0) is 19.1 Å². The summed E-state index contributed by atoms with van der Waals surface area (Å²) in [7, 11) is 1.24. The maximum atomic E-state index is 13.4. The van der Waals surface area contributed by atoms with Crippen molar-refractivity contribution in [2.45, 2.75) is 103 Å². The standard InChI is InChI=1S/C30H48O6/c1-9-12-16-22(11-3)17-18-25-30(7,36-25)19-13-15-21(4)27(33)23(14-10-2)28(34)29(5,6)24(31)20-26(32)35-8/h9-12,16,21,23-25,27,31,33H,1-2,13-15,17-20H2,3-8H3/b16-12-,22-11+. The van der Waals surface area contributed by atoms with Gasteiger partial charge < -0.3 is 19.7 Å². The van der Waals surface area contributed by atoms with E-state index in [0.29, 0.717) is 6.42 Å². The Hall–Kier alpha value is -2.02. The number of hydrogen-bond acceptors (Lipinski definition) is 6. The smallest absolute Gasteiger partial charge is 0.308 e. The van der Waals surface area contributed by atoms with Crippen LogP contribution in [0.5, 0.6) is 0 Å². The zero-order valence-electron chi connectivity index (χ0n) is 23.2. The van der Waals surface area contributed by atoms with E-state index in [1.54, 1.807) is 26.0 Å². The predicted molar refractivity (Wildman–Crippen MR) is 144 cm³/mol. The molecular formula is C30H48O6. The van der Waals surface area contributed by atoms with Crippen LogP contribution in [0.15, 0.2) is 49.1 Å². The van der Waals surface area contributed by atoms with Crippen molar-refractivity contribution in [2.75, 3.05) is 7.11 Å². The van der Waals surface area contributed by atoms with Crippen molar-refractivity contribution in [3.63, 3.8) is 0 Å². The van der Waals surface area contributed by atoms with Gasteiger partial charge in [0.2, 0.25) is 0 Å². The summed E-state index contributed by atoms with van der Waals surface area (Å²) in [4.78, 5) is 25.0. The molecule has 2 N–H and O–H groups in total. The summed E-state index contributed by atoms with van der Waals surface area (Å²) in [6.45, 7) is 16.8. The Morgan fingerprint density at radius 1 is 1.25 bits per heavy atom. The van der Waals surface area contributed by atoms with Gasteiger partial charge in [0.15, 0.2) is 0 Å². The number of carbonyl (C=O) groups is 2. The number of allylic oxidation sites excluding steroid dienone is 6. The molecule has 0 aliphatic carbocycles. The lowest BCUT2D eigenvalue weighted by Gasteiger charge is -2.35. The molecule has 0 aromatic carbocycles. The topological polar surface area (TPSA) is 96.4 Å². The van der Waals surface area contributed by atoms with Gasteiger partial charge in [0, 0.05) is 5.92 Å². The minimum atomic E-state index is -1.21. The molecule has 6 nitrogen and oxygen atoms in total. The number of methoxy groups -OCH3 is 1. The fraction of sp³-hybridized carbons (Fsp3) is 0.667. The Morgan fingerprint density at radius 2 is 1.92 bits per heavy atom. The summed E-state index contributed by atoms with van der Waals surface area (Å²) in [6.07, 6.45) is 12.1. The minimum Gasteiger partial charge on any atom is -0.469 e. The summed E-state index contributed by atoms with van der Waals surface area (Å²) in [5.74, 6) is -1.68. The van der Waals surface area contributed by atoms with Crippen molar-refractivity contribution in [3.05, 3.63) is 49.1 Å². The van der Waals surface area contributed by atoms with E-state index in [-0.39, 0.29) is 29.8 Å². The van der Waals surface area contributed by atoms with Gasteiger partial charge in [-0.25, -0.2) is 0 Å². The van der Waals surface area contributed by atoms with Gasteiger partial charge in [0.1, 0.15) is 5.78 Å². The van der Waals surface area contributed by atoms with Gasteiger partial charge in [0.25, 0.3) is 0 Å². The molecule has 0 amide bonds. The van der Waals surface area contributed by atoms with E-state index < -0.39 is 29.5 Å². The average Bonchev–Trinajstić information content (AvgIpc) is 3.50. The molecule has 1 heterocycles. The number of ether oxygens (including phenoxy) is 2. The van der Waals surface area contributed by atoms with Crippen LogP contribution in [0.3, 0.4) is 0 Å². The van der Waals surface area contributed by atoms with Crippen LogP contribution in [-0.4, -0.2) is 53.0 Å². The van der Waals surface area contributed by atoms with Crippen molar-refractivity contribution in [1.82, 2.24) is 0 Å². The SMILES string of the molecule is C=C/C=C\C(=C/C)CCC1OC1(C)CCCC(C)C(O)C(CC=C)C(=O)C(C)(C)C(O)CC(=O)OC. The normalized spacial score (nSPS) is 23.6. The molecule has 0 radical (unpaired) electrons. The average molecular weight is 505 g/mol. The number of epoxide rings is 1. The van der Waals surface area contributed by atoms with E-state index in [0.717, 1.165) is 32.1 Å². The Bertz CT molecular complexity index is 810. The fourth-order valence-corrected chi connectivity index (χ4v) is 4.75. The van der Waals surface area contributed by atoms with E-state index >= 15 is 0 Å². The van der Waals surface area contributed by atoms with Crippen molar-refractivity contribution < 1.29 is 29.3 Å². The highest BCUT2D eigenvalue weighted by Gasteiger charge is 2.51. The number of aliphatic hydroxyl groups is 2. The summed E-state index contributed by atoms with van der Waals surface area (Å²) < 4.78 is 10.6. The lowest BCUT2D eigenvalue weighted by Crippen LogP contribution is -2.46. The molecular weight excluding hydrogens is 456 g/mol. The number of Topliss-reactive ketones (excluding diaryl/α,β-unsaturated/α-hetero) is 1. The first-order chi connectivity index (χ1) is 16.9. The Morgan fingerprint density at radius 3 is 2.47 bits per heavy atom. The van der Waals surface area contributed by atoms with Gasteiger partial charge in [-0.05, 0) is 51.9 Å². The number of rotatable bonds is 18. The van der Waals surface area contributed by atoms with Crippen molar-refractivity contribution >= 4 is 11.8 Å². The maximum absolute atomic E-state index is 13.4. The monoisotopic (exact) mass is 504 g/mol. The molecule has 6 heteroatoms. The molecule has 1 aliphatic heterocycles. The number of esters is 1. The molecule has 1 aliphatic rings. The summed E-state index contributed by atoms with van der Waals surface area (Å²) in [6, 6.07) is 0. The molecule has 0 saturated carbocycles. The minimum absolute atomic E-state index is 0.119. The second-order valence-corrected chi connectivity index (χ2v) is 10.8. The van der Waals surface area contributed by atoms with E-state index in [9.17, 15) is 19.8 Å². The molecule has 36 heavy (non-hydrogen) atoms. The highest BCUT2D eigenvalue weighted by molar-refractivity contribution is 5.88. The lowest BCUT2D eigenvalue weighted by molar-refractivity contribution is -0.149. The molecule has 6 unspecified atom stereocenters. The van der Waals surface area contributed by atoms with E-state index in [2.05, 4.69) is 37.0 Å². The van der Waals surface area contributed by atoms with Crippen LogP contribution >= 0.6 is 0 Å². The third-order valence-corrected chi connectivity index (χ3v) is 7.69. The highest BCUT2D eigenvalue weighted by Crippen LogP contribution is 2.44. The highest BCUT2D eigenvalue weighted by atomic mass is 16.6. The van der Waals surface area contributed by atoms with Crippen LogP contribution in [0.25, 0.3) is 0 Å². The summed E-state index contributed by atoms with van der Waals surface area (Å²) >= 11 is 0. The molecule has 1 rings (SSSR count). The van der Waals surface area contributed by atoms with Crippen LogP contribution < -0.4 is 0 Å². The molecule has 0 bridgehead atoms. The molecule has 0 aromatic rings. The van der Waals surface area contributed by atoms with Gasteiger partial charge in [-0.15, -0.1) is 6.58 Å². The third-order valence-electron chi connectivity index (χ3n) is 7.69. The predicted octanol–water partition coefficient (Wildman–Crippen LogP) is 5.49. The van der Waals surface area contributed by atoms with Crippen molar-refractivity contribution in [3.8, 4) is 0 Å². The molecule has 0 aromatic heterocycles. The van der Waals surface area contributed by atoms with E-state index in [4.69, 9.17) is 4.74 Å². The summed E-state index contributed by atoms with van der Waals surface area (Å²) in [5.41, 5.74) is -0.0817. The van der Waals surface area contributed by atoms with Gasteiger partial charge in [0.05, 0.1) is 42.9 Å². The molecule has 6 atom stereocenters. The number of ketones is 1. The second kappa shape index (κ2) is 14.7. The Kier molecular flexibility index (Phi) is 13.0. The van der Waals surface area contributed by atoms with Crippen molar-refractivity contribution in [2.24, 2.45) is 17.3 Å². The first kappa shape index (κ1) is 32.0. The van der Waals surface area contributed by atoms with E-state index in [1.165, 1.54) is 12.7 Å². The molecule has 204 valence electrons. The summed E-state index contributed by atoms with van der Waals surface area (Å²) in [5, 5.41) is 21.6. The van der Waals surface area contributed by atoms with E-state index in [1.807, 2.05) is 19.9 Å². The Balaban J connectivity index is 2.65. The van der Waals surface area contributed by atoms with Crippen molar-refractivity contribution in [1.29, 1.82) is 0 Å². The zero-order valence-corrected chi connectivity index (χ0v) is 23.2. The quantitative estimate of drug-likeness (QED) is 0.111.